The van der Waals surface area contributed by atoms with Crippen LogP contribution in [-0.2, 0) is 0 Å². The van der Waals surface area contributed by atoms with Gasteiger partial charge in [0.05, 0.1) is 30.5 Å². The summed E-state index contributed by atoms with van der Waals surface area (Å²) in [6.07, 6.45) is 0. The van der Waals surface area contributed by atoms with Gasteiger partial charge in [0.15, 0.2) is 0 Å². The van der Waals surface area contributed by atoms with Gasteiger partial charge in [-0.2, -0.15) is 0 Å². The summed E-state index contributed by atoms with van der Waals surface area (Å²) in [4.78, 5) is 30.3. The Balaban J connectivity index is 2.48. The molecule has 0 bridgehead atoms. The lowest BCUT2D eigenvalue weighted by molar-refractivity contribution is -0.394. The van der Waals surface area contributed by atoms with E-state index in [0.717, 1.165) is 24.3 Å². The van der Waals surface area contributed by atoms with Crippen LogP contribution in [0.5, 0.6) is 11.5 Å². The van der Waals surface area contributed by atoms with Crippen molar-refractivity contribution in [2.45, 2.75) is 0 Å². The van der Waals surface area contributed by atoms with Crippen LogP contribution in [0, 0.1) is 33.9 Å². The molecule has 0 aliphatic heterocycles. The highest BCUT2D eigenvalue weighted by molar-refractivity contribution is 14.1. The molecule has 0 amide bonds. The van der Waals surface area contributed by atoms with Crippen molar-refractivity contribution in [3.05, 3.63) is 70.3 Å². The standard InChI is InChI=1S/C12H6IN3O7/c13-9-3-1-8(15(19)20)6-12(9)23-11-4-2-7(14(17)18)5-10(11)16(21)22/h1-6H. The number of hydrogen-bond donors (Lipinski definition) is 0. The molecule has 0 radical (unpaired) electrons. The summed E-state index contributed by atoms with van der Waals surface area (Å²) in [6, 6.07) is 6.69. The predicted molar refractivity (Wildman–Crippen MR) is 85.6 cm³/mol. The number of nitro groups is 3. The van der Waals surface area contributed by atoms with Crippen molar-refractivity contribution in [2.75, 3.05) is 0 Å². The Hall–Kier alpha value is -2.83. The Bertz CT molecular complexity index is 824. The van der Waals surface area contributed by atoms with Crippen LogP contribution in [0.4, 0.5) is 17.1 Å². The largest absolute Gasteiger partial charge is 0.449 e. The molecule has 23 heavy (non-hydrogen) atoms. The fraction of sp³-hybridized carbons (Fsp3) is 0. The van der Waals surface area contributed by atoms with E-state index in [-0.39, 0.29) is 17.2 Å². The van der Waals surface area contributed by atoms with Crippen molar-refractivity contribution < 1.29 is 19.5 Å². The van der Waals surface area contributed by atoms with Crippen LogP contribution in [0.3, 0.4) is 0 Å². The zero-order valence-corrected chi connectivity index (χ0v) is 13.2. The van der Waals surface area contributed by atoms with E-state index in [9.17, 15) is 30.3 Å². The van der Waals surface area contributed by atoms with E-state index in [4.69, 9.17) is 4.74 Å². The number of halogens is 1. The highest BCUT2D eigenvalue weighted by Crippen LogP contribution is 2.37. The summed E-state index contributed by atoms with van der Waals surface area (Å²) in [5.41, 5.74) is -1.32. The lowest BCUT2D eigenvalue weighted by atomic mass is 10.2. The van der Waals surface area contributed by atoms with Gasteiger partial charge in [-0.05, 0) is 34.7 Å². The van der Waals surface area contributed by atoms with Crippen LogP contribution in [0.15, 0.2) is 36.4 Å². The normalized spacial score (nSPS) is 10.1. The summed E-state index contributed by atoms with van der Waals surface area (Å²) < 4.78 is 5.84. The molecule has 10 nitrogen and oxygen atoms in total. The Labute approximate surface area is 141 Å². The van der Waals surface area contributed by atoms with Gasteiger partial charge in [0.25, 0.3) is 11.4 Å². The van der Waals surface area contributed by atoms with Gasteiger partial charge in [-0.1, -0.05) is 0 Å². The fourth-order valence-corrected chi connectivity index (χ4v) is 2.10. The Morgan fingerprint density at radius 3 is 1.91 bits per heavy atom. The van der Waals surface area contributed by atoms with E-state index >= 15 is 0 Å². The molecule has 11 heteroatoms. The molecule has 0 aliphatic rings. The van der Waals surface area contributed by atoms with Gasteiger partial charge in [-0.15, -0.1) is 0 Å². The molecule has 0 spiro atoms. The first-order valence-electron chi connectivity index (χ1n) is 5.84. The first kappa shape index (κ1) is 16.5. The maximum absolute atomic E-state index is 11.0. The van der Waals surface area contributed by atoms with E-state index in [0.29, 0.717) is 3.57 Å². The van der Waals surface area contributed by atoms with Gasteiger partial charge >= 0.3 is 5.69 Å². The fourth-order valence-electron chi connectivity index (χ4n) is 1.65. The van der Waals surface area contributed by atoms with Gasteiger partial charge < -0.3 is 4.74 Å². The molecule has 2 rings (SSSR count). The van der Waals surface area contributed by atoms with Gasteiger partial charge in [0, 0.05) is 12.1 Å². The summed E-state index contributed by atoms with van der Waals surface area (Å²) in [7, 11) is 0. The second-order valence-electron chi connectivity index (χ2n) is 4.14. The molecule has 118 valence electrons. The topological polar surface area (TPSA) is 139 Å². The molecule has 0 atom stereocenters. The first-order valence-corrected chi connectivity index (χ1v) is 6.92. The third-order valence-corrected chi connectivity index (χ3v) is 3.59. The summed E-state index contributed by atoms with van der Waals surface area (Å²) in [5.74, 6) is -0.212. The van der Waals surface area contributed by atoms with E-state index in [2.05, 4.69) is 0 Å². The van der Waals surface area contributed by atoms with Gasteiger partial charge in [-0.3, -0.25) is 30.3 Å². The van der Waals surface area contributed by atoms with Crippen LogP contribution < -0.4 is 4.74 Å². The molecule has 0 heterocycles. The second-order valence-corrected chi connectivity index (χ2v) is 5.30. The molecule has 2 aromatic rings. The molecule has 0 N–H and O–H groups in total. The van der Waals surface area contributed by atoms with Crippen LogP contribution >= 0.6 is 22.6 Å². The molecule has 0 aliphatic carbocycles. The SMILES string of the molecule is O=[N+]([O-])c1ccc(I)c(Oc2ccc([N+](=O)[O-])cc2[N+](=O)[O-])c1. The van der Waals surface area contributed by atoms with Crippen molar-refractivity contribution in [3.8, 4) is 11.5 Å². The van der Waals surface area contributed by atoms with Gasteiger partial charge in [0.2, 0.25) is 5.75 Å². The molecule has 2 aromatic carbocycles. The quantitative estimate of drug-likeness (QED) is 0.399. The zero-order valence-electron chi connectivity index (χ0n) is 11.0. The number of ether oxygens (including phenoxy) is 1. The van der Waals surface area contributed by atoms with Crippen molar-refractivity contribution in [1.29, 1.82) is 0 Å². The average molecular weight is 431 g/mol. The number of hydrogen-bond acceptors (Lipinski definition) is 7. The molecule has 0 unspecified atom stereocenters. The van der Waals surface area contributed by atoms with Gasteiger partial charge in [-0.25, -0.2) is 0 Å². The summed E-state index contributed by atoms with van der Waals surface area (Å²) >= 11 is 1.85. The molecule has 0 aromatic heterocycles. The molecular formula is C12H6IN3O7. The predicted octanol–water partition coefficient (Wildman–Crippen LogP) is 3.81. The number of nitro benzene ring substituents is 3. The van der Waals surface area contributed by atoms with Crippen molar-refractivity contribution in [3.63, 3.8) is 0 Å². The molecule has 0 fully saturated rings. The van der Waals surface area contributed by atoms with E-state index in [1.165, 1.54) is 12.1 Å². The maximum atomic E-state index is 11.0. The Kier molecular flexibility index (Phi) is 4.68. The molecule has 0 saturated carbocycles. The summed E-state index contributed by atoms with van der Waals surface area (Å²) in [5, 5.41) is 32.5. The Morgan fingerprint density at radius 1 is 0.783 bits per heavy atom. The number of non-ortho nitro benzene ring substituents is 2. The summed E-state index contributed by atoms with van der Waals surface area (Å²) in [6.45, 7) is 0. The van der Waals surface area contributed by atoms with Gasteiger partial charge in [0.1, 0.15) is 5.75 Å². The zero-order chi connectivity index (χ0) is 17.1. The Morgan fingerprint density at radius 2 is 1.35 bits per heavy atom. The number of benzene rings is 2. The monoisotopic (exact) mass is 431 g/mol. The highest BCUT2D eigenvalue weighted by Gasteiger charge is 2.22. The van der Waals surface area contributed by atoms with E-state index in [1.54, 1.807) is 0 Å². The minimum absolute atomic E-state index is 0.0387. The third-order valence-electron chi connectivity index (χ3n) is 2.70. The van der Waals surface area contributed by atoms with E-state index in [1.807, 2.05) is 22.6 Å². The lowest BCUT2D eigenvalue weighted by Crippen LogP contribution is -1.97. The average Bonchev–Trinajstić information content (AvgIpc) is 2.49. The second kappa shape index (κ2) is 6.51. The van der Waals surface area contributed by atoms with Crippen molar-refractivity contribution in [1.82, 2.24) is 0 Å². The maximum Gasteiger partial charge on any atom is 0.318 e. The first-order chi connectivity index (χ1) is 10.8. The number of nitrogens with zero attached hydrogens (tertiary/aromatic N) is 3. The third kappa shape index (κ3) is 3.68. The highest BCUT2D eigenvalue weighted by atomic mass is 127. The minimum atomic E-state index is -0.827. The molecular weight excluding hydrogens is 425 g/mol. The minimum Gasteiger partial charge on any atom is -0.449 e. The van der Waals surface area contributed by atoms with Crippen molar-refractivity contribution in [2.24, 2.45) is 0 Å². The smallest absolute Gasteiger partial charge is 0.318 e. The van der Waals surface area contributed by atoms with E-state index < -0.39 is 26.1 Å². The molecule has 0 saturated heterocycles. The van der Waals surface area contributed by atoms with Crippen LogP contribution in [0.2, 0.25) is 0 Å². The number of rotatable bonds is 5. The van der Waals surface area contributed by atoms with Crippen LogP contribution in [-0.4, -0.2) is 14.8 Å². The van der Waals surface area contributed by atoms with Crippen LogP contribution in [0.25, 0.3) is 0 Å². The van der Waals surface area contributed by atoms with Crippen molar-refractivity contribution >= 4 is 39.7 Å². The lowest BCUT2D eigenvalue weighted by Gasteiger charge is -2.08. The van der Waals surface area contributed by atoms with Crippen LogP contribution in [0.1, 0.15) is 0 Å².